The Labute approximate surface area is 99.8 Å². The van der Waals surface area contributed by atoms with E-state index in [1.165, 1.54) is 6.42 Å². The van der Waals surface area contributed by atoms with Gasteiger partial charge in [-0.15, -0.1) is 0 Å². The van der Waals surface area contributed by atoms with Gasteiger partial charge in [-0.05, 0) is 31.5 Å². The van der Waals surface area contributed by atoms with Gasteiger partial charge in [0.15, 0.2) is 11.5 Å². The zero-order valence-electron chi connectivity index (χ0n) is 9.89. The van der Waals surface area contributed by atoms with E-state index >= 15 is 0 Å². The van der Waals surface area contributed by atoms with E-state index < -0.39 is 0 Å². The zero-order chi connectivity index (χ0) is 11.7. The maximum atomic E-state index is 5.17. The van der Waals surface area contributed by atoms with Gasteiger partial charge in [0.25, 0.3) is 0 Å². The molecule has 90 valence electrons. The number of ether oxygens (including phenoxy) is 1. The van der Waals surface area contributed by atoms with Crippen LogP contribution in [0.15, 0.2) is 18.3 Å². The van der Waals surface area contributed by atoms with E-state index in [9.17, 15) is 0 Å². The molecule has 1 aliphatic heterocycles. The summed E-state index contributed by atoms with van der Waals surface area (Å²) in [5, 5.41) is 7.84. The summed E-state index contributed by atoms with van der Waals surface area (Å²) in [5.74, 6) is 2.42. The van der Waals surface area contributed by atoms with Crippen molar-refractivity contribution in [3.63, 3.8) is 0 Å². The van der Waals surface area contributed by atoms with Gasteiger partial charge in [0.1, 0.15) is 5.75 Å². The van der Waals surface area contributed by atoms with Crippen molar-refractivity contribution in [1.29, 1.82) is 0 Å². The molecule has 5 heteroatoms. The average Bonchev–Trinajstić information content (AvgIpc) is 2.96. The van der Waals surface area contributed by atoms with E-state index in [2.05, 4.69) is 15.4 Å². The molecule has 2 aromatic rings. The van der Waals surface area contributed by atoms with Gasteiger partial charge < -0.3 is 10.1 Å². The molecule has 2 aromatic heterocycles. The number of pyridine rings is 1. The molecule has 1 fully saturated rings. The first-order valence-corrected chi connectivity index (χ1v) is 5.95. The third-order valence-electron chi connectivity index (χ3n) is 3.22. The second-order valence-corrected chi connectivity index (χ2v) is 4.46. The van der Waals surface area contributed by atoms with Crippen LogP contribution in [0.25, 0.3) is 5.65 Å². The van der Waals surface area contributed by atoms with Crippen LogP contribution in [0, 0.1) is 5.92 Å². The lowest BCUT2D eigenvalue weighted by atomic mass is 10.1. The highest BCUT2D eigenvalue weighted by molar-refractivity contribution is 5.43. The normalized spacial score (nSPS) is 19.9. The molecule has 1 aliphatic rings. The largest absolute Gasteiger partial charge is 0.497 e. The summed E-state index contributed by atoms with van der Waals surface area (Å²) in [6.07, 6.45) is 4.06. The first-order valence-electron chi connectivity index (χ1n) is 5.95. The number of fused-ring (bicyclic) bond motifs is 1. The molecular weight excluding hydrogens is 216 g/mol. The highest BCUT2D eigenvalue weighted by Gasteiger charge is 2.17. The van der Waals surface area contributed by atoms with Crippen LogP contribution in [0.5, 0.6) is 5.75 Å². The van der Waals surface area contributed by atoms with Crippen LogP contribution in [-0.2, 0) is 6.42 Å². The lowest BCUT2D eigenvalue weighted by Gasteiger charge is -2.02. The molecule has 17 heavy (non-hydrogen) atoms. The van der Waals surface area contributed by atoms with E-state index in [-0.39, 0.29) is 0 Å². The van der Waals surface area contributed by atoms with E-state index in [0.29, 0.717) is 5.92 Å². The molecule has 1 saturated heterocycles. The fourth-order valence-electron chi connectivity index (χ4n) is 2.27. The zero-order valence-corrected chi connectivity index (χ0v) is 9.89. The minimum absolute atomic E-state index is 0.675. The highest BCUT2D eigenvalue weighted by Crippen LogP contribution is 2.16. The second kappa shape index (κ2) is 4.33. The van der Waals surface area contributed by atoms with Crippen LogP contribution >= 0.6 is 0 Å². The lowest BCUT2D eigenvalue weighted by Crippen LogP contribution is -2.11. The molecule has 0 radical (unpaired) electrons. The summed E-state index contributed by atoms with van der Waals surface area (Å²) < 4.78 is 6.98. The molecule has 0 spiro atoms. The summed E-state index contributed by atoms with van der Waals surface area (Å²) >= 11 is 0. The Morgan fingerprint density at radius 2 is 2.53 bits per heavy atom. The number of nitrogens with zero attached hydrogens (tertiary/aromatic N) is 3. The van der Waals surface area contributed by atoms with Gasteiger partial charge in [-0.2, -0.15) is 5.10 Å². The van der Waals surface area contributed by atoms with Crippen molar-refractivity contribution >= 4 is 5.65 Å². The molecule has 1 unspecified atom stereocenters. The van der Waals surface area contributed by atoms with Crippen LogP contribution in [0.3, 0.4) is 0 Å². The third-order valence-corrected chi connectivity index (χ3v) is 3.22. The quantitative estimate of drug-likeness (QED) is 0.854. The molecule has 3 rings (SSSR count). The first kappa shape index (κ1) is 10.5. The molecule has 1 N–H and O–H groups in total. The summed E-state index contributed by atoms with van der Waals surface area (Å²) in [4.78, 5) is 4.53. The minimum Gasteiger partial charge on any atom is -0.497 e. The van der Waals surface area contributed by atoms with Crippen LogP contribution in [0.1, 0.15) is 12.2 Å². The Morgan fingerprint density at radius 3 is 3.29 bits per heavy atom. The van der Waals surface area contributed by atoms with Gasteiger partial charge in [0.05, 0.1) is 7.11 Å². The van der Waals surface area contributed by atoms with E-state index in [0.717, 1.165) is 36.7 Å². The van der Waals surface area contributed by atoms with Crippen molar-refractivity contribution in [2.75, 3.05) is 20.2 Å². The Hall–Kier alpha value is -1.62. The molecular formula is C12H16N4O. The topological polar surface area (TPSA) is 51.5 Å². The maximum Gasteiger partial charge on any atom is 0.159 e. The Kier molecular flexibility index (Phi) is 2.68. The minimum atomic E-state index is 0.675. The van der Waals surface area contributed by atoms with Gasteiger partial charge >= 0.3 is 0 Å². The fraction of sp³-hybridized carbons (Fsp3) is 0.500. The van der Waals surface area contributed by atoms with Crippen LogP contribution in [0.2, 0.25) is 0 Å². The average molecular weight is 232 g/mol. The van der Waals surface area contributed by atoms with Gasteiger partial charge in [-0.3, -0.25) is 0 Å². The smallest absolute Gasteiger partial charge is 0.159 e. The van der Waals surface area contributed by atoms with E-state index in [1.807, 2.05) is 18.3 Å². The summed E-state index contributed by atoms with van der Waals surface area (Å²) in [6, 6.07) is 3.80. The Bertz CT molecular complexity index is 516. The number of nitrogens with one attached hydrogen (secondary N) is 1. The molecule has 0 saturated carbocycles. The summed E-state index contributed by atoms with van der Waals surface area (Å²) in [7, 11) is 1.66. The van der Waals surface area contributed by atoms with Crippen molar-refractivity contribution in [2.24, 2.45) is 5.92 Å². The molecule has 1 atom stereocenters. The molecule has 0 aliphatic carbocycles. The van der Waals surface area contributed by atoms with Crippen LogP contribution in [0.4, 0.5) is 0 Å². The second-order valence-electron chi connectivity index (χ2n) is 4.46. The fourth-order valence-corrected chi connectivity index (χ4v) is 2.27. The predicted octanol–water partition coefficient (Wildman–Crippen LogP) is 0.890. The number of hydrogen-bond acceptors (Lipinski definition) is 4. The predicted molar refractivity (Wildman–Crippen MR) is 64.2 cm³/mol. The SMILES string of the molecule is COc1ccn2nc(CC3CCNC3)nc2c1. The Morgan fingerprint density at radius 1 is 1.59 bits per heavy atom. The van der Waals surface area contributed by atoms with Gasteiger partial charge in [-0.25, -0.2) is 9.50 Å². The third kappa shape index (κ3) is 2.10. The van der Waals surface area contributed by atoms with Gasteiger partial charge in [0.2, 0.25) is 0 Å². The summed E-state index contributed by atoms with van der Waals surface area (Å²) in [6.45, 7) is 2.20. The van der Waals surface area contributed by atoms with Crippen molar-refractivity contribution in [3.05, 3.63) is 24.2 Å². The highest BCUT2D eigenvalue weighted by atomic mass is 16.5. The van der Waals surface area contributed by atoms with Crippen LogP contribution in [-0.4, -0.2) is 34.8 Å². The Balaban J connectivity index is 1.85. The number of aromatic nitrogens is 3. The van der Waals surface area contributed by atoms with Gasteiger partial charge in [-0.1, -0.05) is 0 Å². The standard InChI is InChI=1S/C12H16N4O/c1-17-10-3-5-16-12(7-10)14-11(15-16)6-9-2-4-13-8-9/h3,5,7,9,13H,2,4,6,8H2,1H3. The molecule has 0 bridgehead atoms. The first-order chi connectivity index (χ1) is 8.35. The van der Waals surface area contributed by atoms with Crippen molar-refractivity contribution < 1.29 is 4.74 Å². The monoisotopic (exact) mass is 232 g/mol. The number of hydrogen-bond donors (Lipinski definition) is 1. The lowest BCUT2D eigenvalue weighted by molar-refractivity contribution is 0.414. The number of methoxy groups -OCH3 is 1. The van der Waals surface area contributed by atoms with Crippen molar-refractivity contribution in [1.82, 2.24) is 19.9 Å². The molecule has 5 nitrogen and oxygen atoms in total. The molecule has 0 amide bonds. The van der Waals surface area contributed by atoms with E-state index in [4.69, 9.17) is 4.74 Å². The van der Waals surface area contributed by atoms with Gasteiger partial charge in [0, 0.05) is 18.7 Å². The van der Waals surface area contributed by atoms with Crippen molar-refractivity contribution in [3.8, 4) is 5.75 Å². The maximum absolute atomic E-state index is 5.17. The summed E-state index contributed by atoms with van der Waals surface area (Å²) in [5.41, 5.74) is 0.852. The van der Waals surface area contributed by atoms with E-state index in [1.54, 1.807) is 11.6 Å². The van der Waals surface area contributed by atoms with Crippen molar-refractivity contribution in [2.45, 2.75) is 12.8 Å². The molecule has 3 heterocycles. The molecule has 0 aromatic carbocycles. The number of rotatable bonds is 3. The van der Waals surface area contributed by atoms with Crippen LogP contribution < -0.4 is 10.1 Å².